The lowest BCUT2D eigenvalue weighted by atomic mass is 10.2. The van der Waals surface area contributed by atoms with Crippen LogP contribution >= 0.6 is 22.6 Å². The molecule has 0 fully saturated rings. The highest BCUT2D eigenvalue weighted by Crippen LogP contribution is 2.36. The molecule has 0 saturated carbocycles. The second-order valence-corrected chi connectivity index (χ2v) is 7.03. The van der Waals surface area contributed by atoms with Gasteiger partial charge in [0.25, 0.3) is 10.1 Å². The van der Waals surface area contributed by atoms with Gasteiger partial charge in [-0.3, -0.25) is 9.11 Å². The Bertz CT molecular complexity index is 768. The highest BCUT2D eigenvalue weighted by Gasteiger charge is 2.37. The molecule has 0 radical (unpaired) electrons. The fourth-order valence-corrected chi connectivity index (χ4v) is 4.78. The lowest BCUT2D eigenvalue weighted by Gasteiger charge is -2.06. The van der Waals surface area contributed by atoms with Crippen LogP contribution in [0, 0.1) is 15.9 Å². The van der Waals surface area contributed by atoms with E-state index in [9.17, 15) is 16.8 Å². The molecule has 0 unspecified atom stereocenters. The van der Waals surface area contributed by atoms with E-state index < -0.39 is 35.7 Å². The Kier molecular flexibility index (Phi) is 5.69. The van der Waals surface area contributed by atoms with Crippen molar-refractivity contribution in [3.63, 3.8) is 0 Å². The van der Waals surface area contributed by atoms with Crippen molar-refractivity contribution in [2.75, 3.05) is 0 Å². The van der Waals surface area contributed by atoms with E-state index in [4.69, 9.17) is 14.5 Å². The van der Waals surface area contributed by atoms with Gasteiger partial charge in [-0.2, -0.15) is 16.8 Å². The van der Waals surface area contributed by atoms with Crippen molar-refractivity contribution >= 4 is 48.5 Å². The van der Waals surface area contributed by atoms with Crippen LogP contribution < -0.4 is 12.4 Å². The molecule has 1 rings (SSSR count). The molecule has 0 aliphatic carbocycles. The number of nitrogens with zero attached hydrogens (tertiary/aromatic N) is 2. The van der Waals surface area contributed by atoms with Crippen LogP contribution in [0.3, 0.4) is 0 Å². The number of hydrogen-bond acceptors (Lipinski definition) is 5. The first kappa shape index (κ1) is 18.5. The van der Waals surface area contributed by atoms with Gasteiger partial charge in [-0.1, -0.05) is 0 Å². The van der Waals surface area contributed by atoms with E-state index >= 15 is 0 Å². The molecule has 0 saturated heterocycles. The highest BCUT2D eigenvalue weighted by molar-refractivity contribution is 14.1. The van der Waals surface area contributed by atoms with Crippen LogP contribution in [0.2, 0.25) is 0 Å². The third-order valence-corrected chi connectivity index (χ3v) is 5.70. The molecular weight excluding hydrogens is 435 g/mol. The number of rotatable bonds is 2. The van der Waals surface area contributed by atoms with E-state index in [1.54, 1.807) is 0 Å². The van der Waals surface area contributed by atoms with Gasteiger partial charge in [0.1, 0.15) is 4.90 Å². The van der Waals surface area contributed by atoms with E-state index in [1.807, 2.05) is 0 Å². The van der Waals surface area contributed by atoms with Gasteiger partial charge in [-0.25, -0.2) is 0 Å². The molecule has 8 nitrogen and oxygen atoms in total. The summed E-state index contributed by atoms with van der Waals surface area (Å²) in [4.78, 5) is 0.415. The standard InChI is InChI=1S/C7H5IN2O6S2.ClH/c1-3-2-4(10-9)6(17(11,12)13)7(5(3)8)18(14,15)16;/h2H,1H3,(H-,11,12,13,14,15,16);1H. The van der Waals surface area contributed by atoms with E-state index in [0.717, 1.165) is 6.07 Å². The Morgan fingerprint density at radius 2 is 1.58 bits per heavy atom. The maximum absolute atomic E-state index is 11.2. The summed E-state index contributed by atoms with van der Waals surface area (Å²) in [7, 11) is -9.92. The predicted octanol–water partition coefficient (Wildman–Crippen LogP) is -1.42. The summed E-state index contributed by atoms with van der Waals surface area (Å²) < 4.78 is 62.6. The summed E-state index contributed by atoms with van der Waals surface area (Å²) in [5.41, 5.74) is -0.425. The topological polar surface area (TPSA) is 137 Å². The molecule has 0 amide bonds. The molecule has 0 aromatic heterocycles. The Balaban J connectivity index is 0.00000324. The van der Waals surface area contributed by atoms with Crippen molar-refractivity contribution in [3.8, 4) is 0 Å². The first-order chi connectivity index (χ1) is 8.00. The molecule has 0 atom stereocenters. The van der Waals surface area contributed by atoms with Crippen LogP contribution in [0.4, 0.5) is 5.69 Å². The quantitative estimate of drug-likeness (QED) is 0.327. The van der Waals surface area contributed by atoms with Gasteiger partial charge >= 0.3 is 15.8 Å². The Hall–Kier alpha value is -0.520. The first-order valence-corrected chi connectivity index (χ1v) is 8.09. The van der Waals surface area contributed by atoms with Crippen molar-refractivity contribution in [3.05, 3.63) is 20.2 Å². The van der Waals surface area contributed by atoms with E-state index in [-0.39, 0.29) is 21.5 Å². The molecule has 2 N–H and O–H groups in total. The van der Waals surface area contributed by atoms with Gasteiger partial charge in [0.2, 0.25) is 10.3 Å². The fourth-order valence-electron chi connectivity index (χ4n) is 1.28. The van der Waals surface area contributed by atoms with Crippen LogP contribution in [-0.2, 0) is 20.2 Å². The van der Waals surface area contributed by atoms with Gasteiger partial charge in [0.15, 0.2) is 4.98 Å². The Morgan fingerprint density at radius 3 is 1.89 bits per heavy atom. The second kappa shape index (κ2) is 5.85. The molecule has 0 aliphatic rings. The summed E-state index contributed by atoms with van der Waals surface area (Å²) >= 11 is 1.49. The lowest BCUT2D eigenvalue weighted by Crippen LogP contribution is -3.00. The molecule has 0 spiro atoms. The summed E-state index contributed by atoms with van der Waals surface area (Å²) in [6, 6.07) is 1.06. The summed E-state index contributed by atoms with van der Waals surface area (Å²) in [6.45, 7) is 1.42. The zero-order valence-electron chi connectivity index (χ0n) is 9.07. The lowest BCUT2D eigenvalue weighted by molar-refractivity contribution is -0.0000120. The largest absolute Gasteiger partial charge is 1.00 e. The van der Waals surface area contributed by atoms with Crippen molar-refractivity contribution in [2.45, 2.75) is 16.7 Å². The number of benzene rings is 1. The van der Waals surface area contributed by atoms with Crippen molar-refractivity contribution < 1.29 is 38.3 Å². The maximum atomic E-state index is 11.2. The van der Waals surface area contributed by atoms with Crippen LogP contribution in [0.5, 0.6) is 0 Å². The summed E-state index contributed by atoms with van der Waals surface area (Å²) in [5, 5.41) is 8.66. The van der Waals surface area contributed by atoms with E-state index in [2.05, 4.69) is 4.98 Å². The number of diazo groups is 1. The van der Waals surface area contributed by atoms with Gasteiger partial charge in [0, 0.05) is 9.64 Å². The SMILES string of the molecule is Cc1cc([N+]#N)c(S(=O)(=O)O)c(S(=O)(=O)O)c1I.[Cl-]. The highest BCUT2D eigenvalue weighted by atomic mass is 127. The van der Waals surface area contributed by atoms with Crippen LogP contribution in [0.15, 0.2) is 15.9 Å². The van der Waals surface area contributed by atoms with E-state index in [0.29, 0.717) is 0 Å². The maximum Gasteiger partial charge on any atom is 0.407 e. The van der Waals surface area contributed by atoms with Gasteiger partial charge in [0.05, 0.1) is 0 Å². The average Bonchev–Trinajstić information content (AvgIpc) is 2.17. The van der Waals surface area contributed by atoms with Crippen molar-refractivity contribution in [1.82, 2.24) is 0 Å². The molecule has 1 aromatic rings. The molecule has 0 bridgehead atoms. The van der Waals surface area contributed by atoms with Crippen LogP contribution in [0.25, 0.3) is 4.98 Å². The zero-order chi connectivity index (χ0) is 14.3. The summed E-state index contributed by atoms with van der Waals surface area (Å²) in [6.07, 6.45) is 0. The molecule has 1 aromatic carbocycles. The number of hydrogen-bond donors (Lipinski definition) is 2. The molecule has 12 heteroatoms. The second-order valence-electron chi connectivity index (χ2n) is 3.23. The van der Waals surface area contributed by atoms with Crippen molar-refractivity contribution in [1.29, 1.82) is 5.39 Å². The number of halogens is 2. The van der Waals surface area contributed by atoms with Crippen LogP contribution in [0.1, 0.15) is 5.56 Å². The normalized spacial score (nSPS) is 11.5. The molecule has 19 heavy (non-hydrogen) atoms. The van der Waals surface area contributed by atoms with Crippen molar-refractivity contribution in [2.24, 2.45) is 0 Å². The third-order valence-electron chi connectivity index (χ3n) is 1.96. The van der Waals surface area contributed by atoms with Crippen LogP contribution in [-0.4, -0.2) is 25.9 Å². The average molecular weight is 441 g/mol. The minimum Gasteiger partial charge on any atom is -1.00 e. The molecular formula is C7H6ClIN2O6S2. The number of aryl methyl sites for hydroxylation is 1. The fraction of sp³-hybridized carbons (Fsp3) is 0.143. The van der Waals surface area contributed by atoms with Gasteiger partial charge in [-0.15, -0.1) is 0 Å². The molecule has 0 aliphatic heterocycles. The molecule has 0 heterocycles. The van der Waals surface area contributed by atoms with Gasteiger partial charge in [-0.05, 0) is 35.1 Å². The smallest absolute Gasteiger partial charge is 0.407 e. The Morgan fingerprint density at radius 1 is 1.16 bits per heavy atom. The predicted molar refractivity (Wildman–Crippen MR) is 68.3 cm³/mol. The Labute approximate surface area is 128 Å². The van der Waals surface area contributed by atoms with E-state index in [1.165, 1.54) is 29.5 Å². The van der Waals surface area contributed by atoms with Gasteiger partial charge < -0.3 is 12.4 Å². The first-order valence-electron chi connectivity index (χ1n) is 4.13. The minimum atomic E-state index is -5.00. The summed E-state index contributed by atoms with van der Waals surface area (Å²) in [5.74, 6) is 0. The molecule has 106 valence electrons. The monoisotopic (exact) mass is 440 g/mol. The zero-order valence-corrected chi connectivity index (χ0v) is 13.6. The minimum absolute atomic E-state index is 0. The third kappa shape index (κ3) is 3.74.